The Labute approximate surface area is 208 Å². The zero-order valence-corrected chi connectivity index (χ0v) is 21.3. The molecule has 9 heteroatoms. The number of aryl methyl sites for hydroxylation is 4. The van der Waals surface area contributed by atoms with Gasteiger partial charge in [-0.25, -0.2) is 4.68 Å². The SMILES string of the molecule is CCc1nn(C)c(=NC(=O)C(C#N)=Cc2ccc(OCCOc3c(C)cccc3C)c(OC)c2)s1. The summed E-state index contributed by atoms with van der Waals surface area (Å²) in [5, 5.41) is 14.7. The van der Waals surface area contributed by atoms with E-state index in [0.29, 0.717) is 35.1 Å². The van der Waals surface area contributed by atoms with Crippen LogP contribution in [0.25, 0.3) is 6.08 Å². The van der Waals surface area contributed by atoms with Gasteiger partial charge >= 0.3 is 0 Å². The molecule has 0 unspecified atom stereocenters. The third-order valence-corrected chi connectivity index (χ3v) is 6.24. The van der Waals surface area contributed by atoms with E-state index in [1.165, 1.54) is 29.2 Å². The molecule has 1 aromatic heterocycles. The average molecular weight is 493 g/mol. The summed E-state index contributed by atoms with van der Waals surface area (Å²) >= 11 is 1.32. The smallest absolute Gasteiger partial charge is 0.290 e. The summed E-state index contributed by atoms with van der Waals surface area (Å²) < 4.78 is 18.7. The second-order valence-electron chi connectivity index (χ2n) is 7.67. The number of benzene rings is 2. The van der Waals surface area contributed by atoms with Crippen LogP contribution in [0, 0.1) is 25.2 Å². The molecule has 0 N–H and O–H groups in total. The van der Waals surface area contributed by atoms with Crippen LogP contribution in [-0.2, 0) is 18.3 Å². The Morgan fingerprint density at radius 3 is 2.51 bits per heavy atom. The van der Waals surface area contributed by atoms with Gasteiger partial charge in [-0.05, 0) is 55.2 Å². The number of carbonyl (C=O) groups is 1. The first kappa shape index (κ1) is 25.7. The second-order valence-corrected chi connectivity index (χ2v) is 8.71. The highest BCUT2D eigenvalue weighted by Crippen LogP contribution is 2.29. The molecule has 3 aromatic rings. The molecule has 3 rings (SSSR count). The van der Waals surface area contributed by atoms with Gasteiger partial charge in [0, 0.05) is 7.05 Å². The van der Waals surface area contributed by atoms with Gasteiger partial charge in [0.05, 0.1) is 7.11 Å². The van der Waals surface area contributed by atoms with E-state index in [-0.39, 0.29) is 5.57 Å². The first-order valence-corrected chi connectivity index (χ1v) is 11.9. The Kier molecular flexibility index (Phi) is 8.81. The summed E-state index contributed by atoms with van der Waals surface area (Å²) in [5.74, 6) is 1.25. The molecule has 0 aliphatic heterocycles. The molecule has 0 atom stereocenters. The molecule has 182 valence electrons. The molecule has 0 saturated carbocycles. The summed E-state index contributed by atoms with van der Waals surface area (Å²) in [6.07, 6.45) is 2.22. The normalized spacial score (nSPS) is 11.8. The Balaban J connectivity index is 1.71. The molecule has 0 spiro atoms. The van der Waals surface area contributed by atoms with Crippen molar-refractivity contribution in [3.05, 3.63) is 68.5 Å². The zero-order valence-electron chi connectivity index (χ0n) is 20.5. The van der Waals surface area contributed by atoms with Gasteiger partial charge < -0.3 is 14.2 Å². The quantitative estimate of drug-likeness (QED) is 0.253. The Morgan fingerprint density at radius 2 is 1.89 bits per heavy atom. The van der Waals surface area contributed by atoms with Crippen molar-refractivity contribution in [2.45, 2.75) is 27.2 Å². The van der Waals surface area contributed by atoms with Crippen LogP contribution in [0.1, 0.15) is 28.6 Å². The molecule has 1 heterocycles. The number of rotatable bonds is 9. The van der Waals surface area contributed by atoms with Gasteiger partial charge in [-0.3, -0.25) is 4.79 Å². The fraction of sp³-hybridized carbons (Fsp3) is 0.308. The number of aromatic nitrogens is 2. The molecule has 2 aromatic carbocycles. The topological polar surface area (TPSA) is 98.7 Å². The lowest BCUT2D eigenvalue weighted by Gasteiger charge is -2.14. The Hall–Kier alpha value is -3.90. The van der Waals surface area contributed by atoms with Crippen LogP contribution in [0.4, 0.5) is 0 Å². The fourth-order valence-electron chi connectivity index (χ4n) is 3.31. The molecule has 0 aliphatic rings. The molecule has 0 bridgehead atoms. The molecular formula is C26H28N4O4S. The number of methoxy groups -OCH3 is 1. The highest BCUT2D eigenvalue weighted by molar-refractivity contribution is 7.08. The number of amides is 1. The number of hydrogen-bond donors (Lipinski definition) is 0. The number of nitriles is 1. The minimum atomic E-state index is -0.627. The van der Waals surface area contributed by atoms with E-state index in [2.05, 4.69) is 10.1 Å². The van der Waals surface area contributed by atoms with E-state index in [9.17, 15) is 10.1 Å². The summed E-state index contributed by atoms with van der Waals surface area (Å²) in [6, 6.07) is 13.1. The fourth-order valence-corrected chi connectivity index (χ4v) is 4.13. The van der Waals surface area contributed by atoms with Crippen molar-refractivity contribution in [2.75, 3.05) is 20.3 Å². The largest absolute Gasteiger partial charge is 0.493 e. The predicted octanol–water partition coefficient (Wildman–Crippen LogP) is 4.16. The van der Waals surface area contributed by atoms with Gasteiger partial charge in [-0.15, -0.1) is 0 Å². The van der Waals surface area contributed by atoms with Crippen molar-refractivity contribution in [3.63, 3.8) is 0 Å². The van der Waals surface area contributed by atoms with Crippen LogP contribution in [0.2, 0.25) is 0 Å². The van der Waals surface area contributed by atoms with Gasteiger partial charge in [0.15, 0.2) is 11.5 Å². The molecule has 8 nitrogen and oxygen atoms in total. The Morgan fingerprint density at radius 1 is 1.17 bits per heavy atom. The van der Waals surface area contributed by atoms with Crippen molar-refractivity contribution in [1.82, 2.24) is 9.78 Å². The molecular weight excluding hydrogens is 464 g/mol. The van der Waals surface area contributed by atoms with Crippen LogP contribution < -0.4 is 19.0 Å². The number of hydrogen-bond acceptors (Lipinski definition) is 7. The molecule has 0 fully saturated rings. The number of nitrogens with zero attached hydrogens (tertiary/aromatic N) is 4. The third kappa shape index (κ3) is 6.58. The Bertz CT molecular complexity index is 1330. The first-order valence-electron chi connectivity index (χ1n) is 11.1. The number of para-hydroxylation sites is 1. The third-order valence-electron chi connectivity index (χ3n) is 5.09. The molecule has 0 saturated heterocycles. The monoisotopic (exact) mass is 492 g/mol. The van der Waals surface area contributed by atoms with Gasteiger partial charge in [0.2, 0.25) is 4.80 Å². The van der Waals surface area contributed by atoms with E-state index >= 15 is 0 Å². The zero-order chi connectivity index (χ0) is 25.4. The van der Waals surface area contributed by atoms with Crippen LogP contribution in [0.3, 0.4) is 0 Å². The van der Waals surface area contributed by atoms with Crippen LogP contribution in [-0.4, -0.2) is 36.0 Å². The average Bonchev–Trinajstić information content (AvgIpc) is 3.21. The second kappa shape index (κ2) is 12.0. The van der Waals surface area contributed by atoms with E-state index in [4.69, 9.17) is 14.2 Å². The van der Waals surface area contributed by atoms with Crippen molar-refractivity contribution < 1.29 is 19.0 Å². The van der Waals surface area contributed by atoms with E-state index < -0.39 is 5.91 Å². The minimum Gasteiger partial charge on any atom is -0.493 e. The minimum absolute atomic E-state index is 0.0887. The van der Waals surface area contributed by atoms with E-state index in [1.54, 1.807) is 25.2 Å². The van der Waals surface area contributed by atoms with Crippen LogP contribution in [0.15, 0.2) is 47.0 Å². The lowest BCUT2D eigenvalue weighted by atomic mass is 10.1. The van der Waals surface area contributed by atoms with Gasteiger partial charge in [-0.2, -0.15) is 15.4 Å². The van der Waals surface area contributed by atoms with Crippen LogP contribution >= 0.6 is 11.3 Å². The van der Waals surface area contributed by atoms with Crippen molar-refractivity contribution >= 4 is 23.3 Å². The summed E-state index contributed by atoms with van der Waals surface area (Å²) in [5.41, 5.74) is 2.67. The first-order chi connectivity index (χ1) is 16.9. The number of ether oxygens (including phenoxy) is 3. The highest BCUT2D eigenvalue weighted by atomic mass is 32.1. The van der Waals surface area contributed by atoms with Crippen molar-refractivity contribution in [2.24, 2.45) is 12.0 Å². The summed E-state index contributed by atoms with van der Waals surface area (Å²) in [6.45, 7) is 6.69. The highest BCUT2D eigenvalue weighted by Gasteiger charge is 2.12. The summed E-state index contributed by atoms with van der Waals surface area (Å²) in [7, 11) is 3.25. The van der Waals surface area contributed by atoms with Crippen LogP contribution in [0.5, 0.6) is 17.2 Å². The van der Waals surface area contributed by atoms with E-state index in [0.717, 1.165) is 28.3 Å². The lowest BCUT2D eigenvalue weighted by Crippen LogP contribution is -2.15. The summed E-state index contributed by atoms with van der Waals surface area (Å²) in [4.78, 5) is 17.1. The maximum Gasteiger partial charge on any atom is 0.290 e. The predicted molar refractivity (Wildman–Crippen MR) is 135 cm³/mol. The standard InChI is InChI=1S/C26H28N4O4S/c1-6-23-29-30(4)26(35-23)28-25(31)20(16-27)14-19-10-11-21(22(15-19)32-5)33-12-13-34-24-17(2)8-7-9-18(24)3/h7-11,14-15H,6,12-13H2,1-5H3. The van der Waals surface area contributed by atoms with Crippen molar-refractivity contribution in [3.8, 4) is 23.3 Å². The van der Waals surface area contributed by atoms with Crippen molar-refractivity contribution in [1.29, 1.82) is 5.26 Å². The maximum absolute atomic E-state index is 12.6. The van der Waals surface area contributed by atoms with Gasteiger partial charge in [0.25, 0.3) is 5.91 Å². The van der Waals surface area contributed by atoms with Gasteiger partial charge in [0.1, 0.15) is 35.6 Å². The maximum atomic E-state index is 12.6. The van der Waals surface area contributed by atoms with Gasteiger partial charge in [-0.1, -0.05) is 42.5 Å². The molecule has 0 radical (unpaired) electrons. The lowest BCUT2D eigenvalue weighted by molar-refractivity contribution is -0.114. The van der Waals surface area contributed by atoms with E-state index in [1.807, 2.05) is 45.0 Å². The molecule has 35 heavy (non-hydrogen) atoms. The molecule has 1 amide bonds. The molecule has 0 aliphatic carbocycles. The number of carbonyl (C=O) groups excluding carboxylic acids is 1.